The van der Waals surface area contributed by atoms with Crippen molar-refractivity contribution in [3.63, 3.8) is 0 Å². The Morgan fingerprint density at radius 1 is 1.67 bits per heavy atom. The van der Waals surface area contributed by atoms with E-state index in [1.165, 1.54) is 4.80 Å². The fraction of sp³-hybridized carbons (Fsp3) is 0.778. The minimum Gasteiger partial charge on any atom is -0.313 e. The zero-order valence-electron chi connectivity index (χ0n) is 8.55. The molecule has 0 radical (unpaired) electrons. The van der Waals surface area contributed by atoms with Crippen LogP contribution in [0.25, 0.3) is 0 Å². The predicted molar refractivity (Wildman–Crippen MR) is 50.9 cm³/mol. The number of rotatable bonds is 3. The third-order valence-corrected chi connectivity index (χ3v) is 3.39. The molecule has 2 aliphatic heterocycles. The highest BCUT2D eigenvalue weighted by molar-refractivity contribution is 5.85. The summed E-state index contributed by atoms with van der Waals surface area (Å²) in [7, 11) is 1.70. The van der Waals surface area contributed by atoms with Gasteiger partial charge in [0.05, 0.1) is 13.5 Å². The summed E-state index contributed by atoms with van der Waals surface area (Å²) in [5, 5.41) is 14.9. The number of aromatic nitrogens is 4. The number of carbonyl (C=O) groups is 1. The molecule has 3 heterocycles. The first-order chi connectivity index (χ1) is 7.24. The van der Waals surface area contributed by atoms with E-state index in [0.717, 1.165) is 13.0 Å². The summed E-state index contributed by atoms with van der Waals surface area (Å²) >= 11 is 0. The number of aryl methyl sites for hydroxylation is 1. The van der Waals surface area contributed by atoms with Gasteiger partial charge in [0.15, 0.2) is 5.82 Å². The lowest BCUT2D eigenvalue weighted by Crippen LogP contribution is -2.43. The molecule has 3 fully saturated rings. The summed E-state index contributed by atoms with van der Waals surface area (Å²) in [4.78, 5) is 13.3. The Bertz CT molecular complexity index is 387. The highest BCUT2D eigenvalue weighted by atomic mass is 16.1. The zero-order valence-corrected chi connectivity index (χ0v) is 8.55. The Morgan fingerprint density at radius 3 is 3.07 bits per heavy atom. The standard InChI is InChI=1S/C9H13N5O/c1-14-12-8(11-13-14)3-7(15)9-5-2-6(9)10-4-5/h5-6,9-10H,2-4H2,1H3. The summed E-state index contributed by atoms with van der Waals surface area (Å²) in [6.07, 6.45) is 1.48. The smallest absolute Gasteiger partial charge is 0.182 e. The van der Waals surface area contributed by atoms with Crippen LogP contribution < -0.4 is 5.32 Å². The largest absolute Gasteiger partial charge is 0.313 e. The lowest BCUT2D eigenvalue weighted by atomic mass is 9.71. The van der Waals surface area contributed by atoms with Gasteiger partial charge in [-0.1, -0.05) is 0 Å². The maximum absolute atomic E-state index is 11.9. The average molecular weight is 207 g/mol. The van der Waals surface area contributed by atoms with Gasteiger partial charge in [0.2, 0.25) is 0 Å². The maximum atomic E-state index is 11.9. The van der Waals surface area contributed by atoms with Gasteiger partial charge in [-0.25, -0.2) is 0 Å². The zero-order chi connectivity index (χ0) is 10.4. The van der Waals surface area contributed by atoms with E-state index in [4.69, 9.17) is 0 Å². The number of tetrazole rings is 1. The summed E-state index contributed by atoms with van der Waals surface area (Å²) in [6.45, 7) is 0.995. The van der Waals surface area contributed by atoms with Crippen LogP contribution in [0, 0.1) is 11.8 Å². The molecular weight excluding hydrogens is 194 g/mol. The van der Waals surface area contributed by atoms with Gasteiger partial charge in [0.25, 0.3) is 0 Å². The Balaban J connectivity index is 1.66. The normalized spacial score (nSPS) is 32.7. The number of fused-ring (bicyclic) bond motifs is 1. The van der Waals surface area contributed by atoms with E-state index >= 15 is 0 Å². The first kappa shape index (κ1) is 8.96. The van der Waals surface area contributed by atoms with Crippen molar-refractivity contribution in [2.75, 3.05) is 6.54 Å². The first-order valence-electron chi connectivity index (χ1n) is 5.23. The second kappa shape index (κ2) is 3.10. The minimum atomic E-state index is 0.203. The van der Waals surface area contributed by atoms with Crippen molar-refractivity contribution >= 4 is 5.78 Å². The molecule has 3 atom stereocenters. The third-order valence-electron chi connectivity index (χ3n) is 3.39. The SMILES string of the molecule is Cn1nnc(CC(=O)C2C3CNC2C3)n1. The van der Waals surface area contributed by atoms with Crippen LogP contribution in [0.4, 0.5) is 0 Å². The van der Waals surface area contributed by atoms with Gasteiger partial charge in [0, 0.05) is 12.0 Å². The highest BCUT2D eigenvalue weighted by Gasteiger charge is 2.50. The first-order valence-corrected chi connectivity index (χ1v) is 5.23. The molecule has 1 aromatic heterocycles. The van der Waals surface area contributed by atoms with Gasteiger partial charge in [-0.05, 0) is 24.1 Å². The molecule has 1 saturated carbocycles. The van der Waals surface area contributed by atoms with E-state index in [1.54, 1.807) is 7.05 Å². The molecule has 2 saturated heterocycles. The number of ketones is 1. The Kier molecular flexibility index (Phi) is 1.85. The van der Waals surface area contributed by atoms with Crippen molar-refractivity contribution in [2.45, 2.75) is 18.9 Å². The lowest BCUT2D eigenvalue weighted by molar-refractivity contribution is -0.126. The number of Topliss-reactive ketones (excluding diaryl/α,β-unsaturated/α-hetero) is 1. The molecular formula is C9H13N5O. The Hall–Kier alpha value is -1.30. The molecule has 3 aliphatic rings. The van der Waals surface area contributed by atoms with Crippen LogP contribution in [0.2, 0.25) is 0 Å². The van der Waals surface area contributed by atoms with Crippen LogP contribution in [-0.2, 0) is 18.3 Å². The number of nitrogens with one attached hydrogen (secondary N) is 1. The average Bonchev–Trinajstić information content (AvgIpc) is 2.79. The van der Waals surface area contributed by atoms with Gasteiger partial charge in [-0.2, -0.15) is 4.80 Å². The van der Waals surface area contributed by atoms with Crippen molar-refractivity contribution in [3.8, 4) is 0 Å². The second-order valence-electron chi connectivity index (χ2n) is 4.37. The third kappa shape index (κ3) is 1.36. The second-order valence-corrected chi connectivity index (χ2v) is 4.37. The van der Waals surface area contributed by atoms with Crippen LogP contribution >= 0.6 is 0 Å². The number of hydrogen-bond donors (Lipinski definition) is 1. The van der Waals surface area contributed by atoms with E-state index in [2.05, 4.69) is 20.7 Å². The molecule has 80 valence electrons. The van der Waals surface area contributed by atoms with Crippen LogP contribution in [0.1, 0.15) is 12.2 Å². The summed E-state index contributed by atoms with van der Waals surface area (Å²) < 4.78 is 0. The fourth-order valence-electron chi connectivity index (χ4n) is 2.63. The molecule has 0 amide bonds. The quantitative estimate of drug-likeness (QED) is 0.683. The summed E-state index contributed by atoms with van der Waals surface area (Å²) in [6, 6.07) is 0.416. The van der Waals surface area contributed by atoms with E-state index in [-0.39, 0.29) is 11.7 Å². The molecule has 1 aliphatic carbocycles. The number of hydrogen-bond acceptors (Lipinski definition) is 5. The van der Waals surface area contributed by atoms with Gasteiger partial charge >= 0.3 is 0 Å². The minimum absolute atomic E-state index is 0.203. The maximum Gasteiger partial charge on any atom is 0.182 e. The monoisotopic (exact) mass is 207 g/mol. The number of nitrogens with zero attached hydrogens (tertiary/aromatic N) is 4. The Labute approximate surface area is 87.0 Å². The van der Waals surface area contributed by atoms with Gasteiger partial charge in [0.1, 0.15) is 5.78 Å². The molecule has 0 aromatic carbocycles. The predicted octanol–water partition coefficient (Wildman–Crippen LogP) is -1.07. The molecule has 1 aromatic rings. The van der Waals surface area contributed by atoms with Crippen molar-refractivity contribution < 1.29 is 4.79 Å². The van der Waals surface area contributed by atoms with E-state index < -0.39 is 0 Å². The van der Waals surface area contributed by atoms with Gasteiger partial charge < -0.3 is 5.32 Å². The van der Waals surface area contributed by atoms with Crippen molar-refractivity contribution in [1.82, 2.24) is 25.5 Å². The van der Waals surface area contributed by atoms with Gasteiger partial charge in [-0.15, -0.1) is 10.2 Å². The molecule has 3 unspecified atom stereocenters. The molecule has 1 N–H and O–H groups in total. The van der Waals surface area contributed by atoms with E-state index in [1.807, 2.05) is 0 Å². The van der Waals surface area contributed by atoms with Crippen LogP contribution in [-0.4, -0.2) is 38.6 Å². The van der Waals surface area contributed by atoms with Crippen LogP contribution in [0.5, 0.6) is 0 Å². The highest BCUT2D eigenvalue weighted by Crippen LogP contribution is 2.40. The molecule has 15 heavy (non-hydrogen) atoms. The molecule has 2 bridgehead atoms. The molecule has 0 spiro atoms. The van der Waals surface area contributed by atoms with Gasteiger partial charge in [-0.3, -0.25) is 4.79 Å². The molecule has 6 heteroatoms. The van der Waals surface area contributed by atoms with Crippen molar-refractivity contribution in [1.29, 1.82) is 0 Å². The Morgan fingerprint density at radius 2 is 2.53 bits per heavy atom. The van der Waals surface area contributed by atoms with E-state index in [9.17, 15) is 4.79 Å². The van der Waals surface area contributed by atoms with Crippen molar-refractivity contribution in [3.05, 3.63) is 5.82 Å². The van der Waals surface area contributed by atoms with Crippen molar-refractivity contribution in [2.24, 2.45) is 18.9 Å². The fourth-order valence-corrected chi connectivity index (χ4v) is 2.63. The van der Waals surface area contributed by atoms with Crippen LogP contribution in [0.3, 0.4) is 0 Å². The lowest BCUT2D eigenvalue weighted by Gasteiger charge is -2.32. The molecule has 6 nitrogen and oxygen atoms in total. The number of carbonyl (C=O) groups excluding carboxylic acids is 1. The summed E-state index contributed by atoms with van der Waals surface area (Å²) in [5.41, 5.74) is 0. The molecule has 4 rings (SSSR count). The van der Waals surface area contributed by atoms with E-state index in [0.29, 0.717) is 24.2 Å². The summed E-state index contributed by atoms with van der Waals surface area (Å²) in [5.74, 6) is 1.55. The topological polar surface area (TPSA) is 72.7 Å². The van der Waals surface area contributed by atoms with Crippen LogP contribution in [0.15, 0.2) is 0 Å².